The van der Waals surface area contributed by atoms with E-state index in [0.717, 1.165) is 19.4 Å². The third-order valence-electron chi connectivity index (χ3n) is 3.86. The molecule has 0 saturated carbocycles. The van der Waals surface area contributed by atoms with E-state index in [1.807, 2.05) is 17.9 Å². The summed E-state index contributed by atoms with van der Waals surface area (Å²) in [5.41, 5.74) is 8.16. The van der Waals surface area contributed by atoms with Crippen molar-refractivity contribution in [2.45, 2.75) is 32.7 Å². The third-order valence-corrected chi connectivity index (χ3v) is 3.86. The number of rotatable bonds is 3. The first-order valence-electron chi connectivity index (χ1n) is 6.71. The van der Waals surface area contributed by atoms with Gasteiger partial charge in [-0.3, -0.25) is 4.79 Å². The molecule has 2 rings (SSSR count). The Kier molecular flexibility index (Phi) is 5.83. The van der Waals surface area contributed by atoms with E-state index >= 15 is 0 Å². The zero-order valence-electron chi connectivity index (χ0n) is 11.6. The first-order valence-corrected chi connectivity index (χ1v) is 6.71. The Bertz CT molecular complexity index is 436. The van der Waals surface area contributed by atoms with Crippen molar-refractivity contribution in [1.82, 2.24) is 4.90 Å². The van der Waals surface area contributed by atoms with Crippen molar-refractivity contribution in [1.29, 1.82) is 0 Å². The zero-order chi connectivity index (χ0) is 13.1. The molecule has 2 unspecified atom stereocenters. The van der Waals surface area contributed by atoms with Gasteiger partial charge in [-0.25, -0.2) is 0 Å². The Morgan fingerprint density at radius 1 is 1.47 bits per heavy atom. The van der Waals surface area contributed by atoms with Crippen LogP contribution in [-0.4, -0.2) is 23.9 Å². The van der Waals surface area contributed by atoms with E-state index in [0.29, 0.717) is 6.54 Å². The van der Waals surface area contributed by atoms with Crippen LogP contribution >= 0.6 is 12.4 Å². The van der Waals surface area contributed by atoms with Gasteiger partial charge in [-0.1, -0.05) is 31.2 Å². The summed E-state index contributed by atoms with van der Waals surface area (Å²) < 4.78 is 0. The molecule has 0 spiro atoms. The Labute approximate surface area is 121 Å². The topological polar surface area (TPSA) is 46.3 Å². The second-order valence-electron chi connectivity index (χ2n) is 5.18. The van der Waals surface area contributed by atoms with Gasteiger partial charge in [-0.15, -0.1) is 12.4 Å². The molecular formula is C15H23ClN2O. The summed E-state index contributed by atoms with van der Waals surface area (Å²) in [6, 6.07) is 8.59. The summed E-state index contributed by atoms with van der Waals surface area (Å²) in [5, 5.41) is 0. The van der Waals surface area contributed by atoms with Gasteiger partial charge in [0.1, 0.15) is 0 Å². The Morgan fingerprint density at radius 2 is 2.16 bits per heavy atom. The van der Waals surface area contributed by atoms with Gasteiger partial charge in [0.05, 0.1) is 6.04 Å². The number of nitrogens with two attached hydrogens (primary N) is 1. The molecule has 4 heteroatoms. The van der Waals surface area contributed by atoms with Crippen LogP contribution in [0.4, 0.5) is 0 Å². The van der Waals surface area contributed by atoms with Crippen LogP contribution < -0.4 is 5.73 Å². The van der Waals surface area contributed by atoms with E-state index in [2.05, 4.69) is 25.1 Å². The summed E-state index contributed by atoms with van der Waals surface area (Å²) >= 11 is 0. The van der Waals surface area contributed by atoms with E-state index < -0.39 is 0 Å². The maximum atomic E-state index is 12.3. The summed E-state index contributed by atoms with van der Waals surface area (Å²) in [4.78, 5) is 14.3. The number of benzene rings is 1. The fourth-order valence-electron chi connectivity index (χ4n) is 2.70. The van der Waals surface area contributed by atoms with E-state index in [4.69, 9.17) is 5.73 Å². The highest BCUT2D eigenvalue weighted by Gasteiger charge is 2.32. The van der Waals surface area contributed by atoms with Crippen molar-refractivity contribution >= 4 is 18.3 Å². The van der Waals surface area contributed by atoms with Crippen LogP contribution in [0.2, 0.25) is 0 Å². The smallest absolute Gasteiger partial charge is 0.227 e. The molecule has 1 saturated heterocycles. The van der Waals surface area contributed by atoms with Gasteiger partial charge in [0.25, 0.3) is 0 Å². The molecule has 106 valence electrons. The molecule has 19 heavy (non-hydrogen) atoms. The van der Waals surface area contributed by atoms with Crippen LogP contribution in [0.15, 0.2) is 24.3 Å². The molecule has 1 aromatic carbocycles. The first-order chi connectivity index (χ1) is 8.65. The number of hydrogen-bond acceptors (Lipinski definition) is 2. The number of aryl methyl sites for hydroxylation is 1. The third kappa shape index (κ3) is 3.28. The number of halogens is 1. The van der Waals surface area contributed by atoms with Gasteiger partial charge in [-0.05, 0) is 30.9 Å². The summed E-state index contributed by atoms with van der Waals surface area (Å²) in [6.07, 6.45) is 2.15. The lowest BCUT2D eigenvalue weighted by atomic mass is 9.98. The average molecular weight is 283 g/mol. The van der Waals surface area contributed by atoms with Gasteiger partial charge in [0.15, 0.2) is 0 Å². The lowest BCUT2D eigenvalue weighted by molar-refractivity contribution is -0.135. The largest absolute Gasteiger partial charge is 0.335 e. The van der Waals surface area contributed by atoms with Crippen LogP contribution in [0, 0.1) is 12.8 Å². The number of carbonyl (C=O) groups excluding carboxylic acids is 1. The molecular weight excluding hydrogens is 260 g/mol. The molecule has 1 fully saturated rings. The van der Waals surface area contributed by atoms with Gasteiger partial charge < -0.3 is 10.6 Å². The van der Waals surface area contributed by atoms with E-state index in [1.54, 1.807) is 0 Å². The van der Waals surface area contributed by atoms with Crippen LogP contribution in [0.3, 0.4) is 0 Å². The van der Waals surface area contributed by atoms with Crippen LogP contribution in [0.25, 0.3) is 0 Å². The van der Waals surface area contributed by atoms with Crippen molar-refractivity contribution in [3.8, 4) is 0 Å². The second kappa shape index (κ2) is 6.92. The van der Waals surface area contributed by atoms with Crippen molar-refractivity contribution in [3.05, 3.63) is 35.4 Å². The van der Waals surface area contributed by atoms with Crippen molar-refractivity contribution in [2.24, 2.45) is 11.7 Å². The molecule has 0 radical (unpaired) electrons. The Hall–Kier alpha value is -1.06. The molecule has 2 N–H and O–H groups in total. The van der Waals surface area contributed by atoms with Crippen molar-refractivity contribution in [2.75, 3.05) is 13.1 Å². The minimum absolute atomic E-state index is 0. The van der Waals surface area contributed by atoms with E-state index in [1.165, 1.54) is 11.1 Å². The van der Waals surface area contributed by atoms with Gasteiger partial charge in [0.2, 0.25) is 5.91 Å². The lowest BCUT2D eigenvalue weighted by Gasteiger charge is -2.28. The first kappa shape index (κ1) is 16.0. The lowest BCUT2D eigenvalue weighted by Crippen LogP contribution is -2.37. The maximum Gasteiger partial charge on any atom is 0.227 e. The highest BCUT2D eigenvalue weighted by Crippen LogP contribution is 2.34. The average Bonchev–Trinajstić information content (AvgIpc) is 2.86. The number of likely N-dealkylation sites (tertiary alicyclic amines) is 1. The Balaban J connectivity index is 0.00000180. The second-order valence-corrected chi connectivity index (χ2v) is 5.18. The standard InChI is InChI=1S/C15H22N2O.ClH/c1-11-6-3-4-7-13(11)14-8-5-9-17(14)15(18)12(2)10-16;/h3-4,6-7,12,14H,5,8-10,16H2,1-2H3;1H. The number of nitrogens with zero attached hydrogens (tertiary/aromatic N) is 1. The quantitative estimate of drug-likeness (QED) is 0.926. The molecule has 1 aromatic rings. The van der Waals surface area contributed by atoms with Crippen molar-refractivity contribution in [3.63, 3.8) is 0 Å². The molecule has 0 aliphatic carbocycles. The van der Waals surface area contributed by atoms with E-state index in [9.17, 15) is 4.79 Å². The molecule has 0 aromatic heterocycles. The van der Waals surface area contributed by atoms with Gasteiger partial charge in [0, 0.05) is 19.0 Å². The van der Waals surface area contributed by atoms with Crippen LogP contribution in [0.1, 0.15) is 36.9 Å². The number of hydrogen-bond donors (Lipinski definition) is 1. The van der Waals surface area contributed by atoms with Crippen LogP contribution in [-0.2, 0) is 4.79 Å². The normalized spacial score (nSPS) is 19.9. The van der Waals surface area contributed by atoms with Gasteiger partial charge >= 0.3 is 0 Å². The van der Waals surface area contributed by atoms with E-state index in [-0.39, 0.29) is 30.3 Å². The molecule has 1 aliphatic rings. The highest BCUT2D eigenvalue weighted by molar-refractivity contribution is 5.85. The molecule has 3 nitrogen and oxygen atoms in total. The zero-order valence-corrected chi connectivity index (χ0v) is 12.5. The molecule has 1 aliphatic heterocycles. The fourth-order valence-corrected chi connectivity index (χ4v) is 2.70. The van der Waals surface area contributed by atoms with Gasteiger partial charge in [-0.2, -0.15) is 0 Å². The summed E-state index contributed by atoms with van der Waals surface area (Å²) in [5.74, 6) is 0.123. The van der Waals surface area contributed by atoms with Crippen molar-refractivity contribution < 1.29 is 4.79 Å². The minimum Gasteiger partial charge on any atom is -0.335 e. The maximum absolute atomic E-state index is 12.3. The van der Waals surface area contributed by atoms with Crippen LogP contribution in [0.5, 0.6) is 0 Å². The predicted molar refractivity (Wildman–Crippen MR) is 80.3 cm³/mol. The fraction of sp³-hybridized carbons (Fsp3) is 0.533. The number of carbonyl (C=O) groups is 1. The SMILES string of the molecule is Cc1ccccc1C1CCCN1C(=O)C(C)CN.Cl. The minimum atomic E-state index is -0.0744. The Morgan fingerprint density at radius 3 is 2.79 bits per heavy atom. The molecule has 0 bridgehead atoms. The molecule has 1 amide bonds. The number of amides is 1. The predicted octanol–water partition coefficient (Wildman–Crippen LogP) is 2.68. The molecule has 1 heterocycles. The summed E-state index contributed by atoms with van der Waals surface area (Å²) in [7, 11) is 0. The highest BCUT2D eigenvalue weighted by atomic mass is 35.5. The summed E-state index contributed by atoms with van der Waals surface area (Å²) in [6.45, 7) is 5.32. The molecule has 2 atom stereocenters. The monoisotopic (exact) mass is 282 g/mol.